The number of nitrogens with one attached hydrogen (secondary N) is 1. The molecule has 1 atom stereocenters. The average molecular weight is 321 g/mol. The maximum Gasteiger partial charge on any atom is 0.236 e. The molecule has 1 fully saturated rings. The van der Waals surface area contributed by atoms with Crippen molar-refractivity contribution in [2.75, 3.05) is 26.7 Å². The van der Waals surface area contributed by atoms with Gasteiger partial charge in [-0.2, -0.15) is 4.98 Å². The molecule has 1 aromatic heterocycles. The van der Waals surface area contributed by atoms with E-state index in [4.69, 9.17) is 16.1 Å². The molecule has 0 bridgehead atoms. The predicted octanol–water partition coefficient (Wildman–Crippen LogP) is 2.63. The number of benzene rings is 1. The molecule has 118 valence electrons. The Morgan fingerprint density at radius 1 is 1.41 bits per heavy atom. The second kappa shape index (κ2) is 5.99. The van der Waals surface area contributed by atoms with Gasteiger partial charge in [-0.15, -0.1) is 0 Å². The van der Waals surface area contributed by atoms with Crippen LogP contribution in [0.4, 0.5) is 0 Å². The second-order valence-electron chi connectivity index (χ2n) is 6.29. The minimum absolute atomic E-state index is 0.154. The lowest BCUT2D eigenvalue weighted by molar-refractivity contribution is 0.190. The molecule has 22 heavy (non-hydrogen) atoms. The van der Waals surface area contributed by atoms with E-state index in [1.165, 1.54) is 0 Å². The number of nitrogens with zero attached hydrogens (tertiary/aromatic N) is 3. The first-order chi connectivity index (χ1) is 10.5. The van der Waals surface area contributed by atoms with Crippen LogP contribution in [0.3, 0.4) is 0 Å². The van der Waals surface area contributed by atoms with Gasteiger partial charge in [-0.25, -0.2) is 0 Å². The molecule has 0 saturated carbocycles. The molecule has 6 heteroatoms. The lowest BCUT2D eigenvalue weighted by Gasteiger charge is -2.30. The summed E-state index contributed by atoms with van der Waals surface area (Å²) >= 11 is 6.10. The molecule has 2 heterocycles. The van der Waals surface area contributed by atoms with E-state index in [0.29, 0.717) is 10.9 Å². The number of halogens is 1. The van der Waals surface area contributed by atoms with Crippen molar-refractivity contribution in [3.8, 4) is 0 Å². The Morgan fingerprint density at radius 2 is 2.23 bits per heavy atom. The van der Waals surface area contributed by atoms with Crippen molar-refractivity contribution in [2.24, 2.45) is 0 Å². The third-order valence-electron chi connectivity index (χ3n) is 4.33. The fourth-order valence-electron chi connectivity index (χ4n) is 2.72. The summed E-state index contributed by atoms with van der Waals surface area (Å²) in [6.07, 6.45) is 0. The van der Waals surface area contributed by atoms with Gasteiger partial charge < -0.3 is 9.84 Å². The zero-order valence-corrected chi connectivity index (χ0v) is 13.9. The van der Waals surface area contributed by atoms with Crippen LogP contribution in [-0.2, 0) is 5.41 Å². The maximum absolute atomic E-state index is 6.10. The highest BCUT2D eigenvalue weighted by Gasteiger charge is 2.32. The summed E-state index contributed by atoms with van der Waals surface area (Å²) in [5.74, 6) is 1.35. The van der Waals surface area contributed by atoms with Crippen molar-refractivity contribution >= 4 is 11.6 Å². The highest BCUT2D eigenvalue weighted by Crippen LogP contribution is 2.32. The van der Waals surface area contributed by atoms with E-state index >= 15 is 0 Å². The van der Waals surface area contributed by atoms with Gasteiger partial charge in [-0.3, -0.25) is 4.90 Å². The van der Waals surface area contributed by atoms with E-state index in [-0.39, 0.29) is 11.5 Å². The second-order valence-corrected chi connectivity index (χ2v) is 6.73. The van der Waals surface area contributed by atoms with Crippen LogP contribution in [-0.4, -0.2) is 41.7 Å². The van der Waals surface area contributed by atoms with Gasteiger partial charge in [0.15, 0.2) is 5.82 Å². The lowest BCUT2D eigenvalue weighted by Crippen LogP contribution is -2.44. The normalized spacial score (nSPS) is 20.3. The first-order valence-corrected chi connectivity index (χ1v) is 7.87. The molecule has 2 aromatic rings. The molecular weight excluding hydrogens is 300 g/mol. The summed E-state index contributed by atoms with van der Waals surface area (Å²) in [6, 6.07) is 7.93. The summed E-state index contributed by atoms with van der Waals surface area (Å²) in [5.41, 5.74) is 0.682. The Kier molecular flexibility index (Phi) is 4.21. The molecule has 5 nitrogen and oxygen atoms in total. The predicted molar refractivity (Wildman–Crippen MR) is 86.1 cm³/mol. The summed E-state index contributed by atoms with van der Waals surface area (Å²) in [6.45, 7) is 6.95. The molecule has 3 rings (SSSR count). The van der Waals surface area contributed by atoms with Crippen LogP contribution in [0.5, 0.6) is 0 Å². The Labute approximate surface area is 135 Å². The average Bonchev–Trinajstić information content (AvgIpc) is 2.98. The zero-order valence-electron chi connectivity index (χ0n) is 13.1. The summed E-state index contributed by atoms with van der Waals surface area (Å²) < 4.78 is 5.57. The molecular formula is C16H21ClN4O. The molecule has 1 aliphatic rings. The molecule has 0 radical (unpaired) electrons. The molecule has 1 saturated heterocycles. The maximum atomic E-state index is 6.10. The Hall–Kier alpha value is -1.43. The van der Waals surface area contributed by atoms with Crippen molar-refractivity contribution in [1.82, 2.24) is 20.4 Å². The standard InChI is InChI=1S/C16H21ClN4O/c1-16(2,11-5-4-6-12(17)9-11)15-19-14(20-22-15)13-10-18-7-8-21(13)3/h4-6,9,13,18H,7-8,10H2,1-3H3. The molecule has 1 aliphatic heterocycles. The van der Waals surface area contributed by atoms with E-state index in [2.05, 4.69) is 41.3 Å². The summed E-state index contributed by atoms with van der Waals surface area (Å²) in [4.78, 5) is 6.91. The Balaban J connectivity index is 1.89. The summed E-state index contributed by atoms with van der Waals surface area (Å²) in [5, 5.41) is 8.28. The summed E-state index contributed by atoms with van der Waals surface area (Å²) in [7, 11) is 2.09. The van der Waals surface area contributed by atoms with E-state index in [1.807, 2.05) is 24.3 Å². The first-order valence-electron chi connectivity index (χ1n) is 7.49. The van der Waals surface area contributed by atoms with Gasteiger partial charge >= 0.3 is 0 Å². The van der Waals surface area contributed by atoms with Gasteiger partial charge in [0.2, 0.25) is 5.89 Å². The zero-order chi connectivity index (χ0) is 15.7. The van der Waals surface area contributed by atoms with Crippen LogP contribution in [0.15, 0.2) is 28.8 Å². The number of likely N-dealkylation sites (N-methyl/N-ethyl adjacent to an activating group) is 1. The van der Waals surface area contributed by atoms with Gasteiger partial charge in [-0.1, -0.05) is 28.9 Å². The minimum atomic E-state index is -0.378. The fraction of sp³-hybridized carbons (Fsp3) is 0.500. The molecule has 1 N–H and O–H groups in total. The fourth-order valence-corrected chi connectivity index (χ4v) is 2.91. The van der Waals surface area contributed by atoms with Crippen LogP contribution in [0.2, 0.25) is 5.02 Å². The van der Waals surface area contributed by atoms with Gasteiger partial charge in [0.05, 0.1) is 11.5 Å². The number of piperazine rings is 1. The smallest absolute Gasteiger partial charge is 0.236 e. The SMILES string of the molecule is CN1CCNCC1c1noc(C(C)(C)c2cccc(Cl)c2)n1. The molecule has 0 amide bonds. The van der Waals surface area contributed by atoms with Crippen LogP contribution in [0.25, 0.3) is 0 Å². The Morgan fingerprint density at radius 3 is 2.95 bits per heavy atom. The Bertz CT molecular complexity index is 655. The van der Waals surface area contributed by atoms with Gasteiger partial charge in [0, 0.05) is 24.7 Å². The molecule has 0 spiro atoms. The first kappa shape index (κ1) is 15.5. The lowest BCUT2D eigenvalue weighted by atomic mass is 9.84. The van der Waals surface area contributed by atoms with Crippen LogP contribution in [0.1, 0.15) is 37.2 Å². The van der Waals surface area contributed by atoms with Crippen molar-refractivity contribution in [1.29, 1.82) is 0 Å². The monoisotopic (exact) mass is 320 g/mol. The van der Waals surface area contributed by atoms with Crippen molar-refractivity contribution < 1.29 is 4.52 Å². The molecule has 1 aromatic carbocycles. The third kappa shape index (κ3) is 2.89. The van der Waals surface area contributed by atoms with E-state index in [0.717, 1.165) is 31.0 Å². The third-order valence-corrected chi connectivity index (χ3v) is 4.57. The minimum Gasteiger partial charge on any atom is -0.338 e. The van der Waals surface area contributed by atoms with Crippen molar-refractivity contribution in [2.45, 2.75) is 25.3 Å². The van der Waals surface area contributed by atoms with Gasteiger partial charge in [0.1, 0.15) is 0 Å². The van der Waals surface area contributed by atoms with E-state index in [1.54, 1.807) is 0 Å². The quantitative estimate of drug-likeness (QED) is 0.942. The van der Waals surface area contributed by atoms with Crippen molar-refractivity contribution in [3.63, 3.8) is 0 Å². The highest BCUT2D eigenvalue weighted by atomic mass is 35.5. The van der Waals surface area contributed by atoms with Gasteiger partial charge in [0.25, 0.3) is 0 Å². The number of hydrogen-bond donors (Lipinski definition) is 1. The van der Waals surface area contributed by atoms with E-state index in [9.17, 15) is 0 Å². The van der Waals surface area contributed by atoms with Crippen molar-refractivity contribution in [3.05, 3.63) is 46.6 Å². The number of hydrogen-bond acceptors (Lipinski definition) is 5. The number of aromatic nitrogens is 2. The number of rotatable bonds is 3. The van der Waals surface area contributed by atoms with Crippen LogP contribution in [0, 0.1) is 0 Å². The van der Waals surface area contributed by atoms with E-state index < -0.39 is 0 Å². The van der Waals surface area contributed by atoms with Gasteiger partial charge in [-0.05, 0) is 38.6 Å². The largest absolute Gasteiger partial charge is 0.338 e. The highest BCUT2D eigenvalue weighted by molar-refractivity contribution is 6.30. The molecule has 1 unspecified atom stereocenters. The topological polar surface area (TPSA) is 54.2 Å². The van der Waals surface area contributed by atoms with Crippen LogP contribution >= 0.6 is 11.6 Å². The molecule has 0 aliphatic carbocycles. The van der Waals surface area contributed by atoms with Crippen LogP contribution < -0.4 is 5.32 Å².